The van der Waals surface area contributed by atoms with Crippen molar-refractivity contribution in [3.8, 4) is 23.0 Å². The second kappa shape index (κ2) is 8.35. The Kier molecular flexibility index (Phi) is 5.70. The van der Waals surface area contributed by atoms with Crippen molar-refractivity contribution in [2.75, 3.05) is 0 Å². The molecule has 0 bridgehead atoms. The summed E-state index contributed by atoms with van der Waals surface area (Å²) >= 11 is 5.98. The number of nitrogens with zero attached hydrogens (tertiary/aromatic N) is 3. The molecule has 3 rings (SSSR count). The first-order valence-corrected chi connectivity index (χ1v) is 8.64. The van der Waals surface area contributed by atoms with Crippen LogP contribution in [0.5, 0.6) is 0 Å². The minimum absolute atomic E-state index is 0.585. The van der Waals surface area contributed by atoms with E-state index in [1.54, 1.807) is 22.9 Å². The molecule has 1 heterocycles. The zero-order valence-electron chi connectivity index (χ0n) is 14.5. The van der Waals surface area contributed by atoms with Crippen LogP contribution in [0.15, 0.2) is 66.9 Å². The first-order chi connectivity index (χ1) is 13.1. The predicted octanol–water partition coefficient (Wildman–Crippen LogP) is 4.66. The van der Waals surface area contributed by atoms with E-state index < -0.39 is 12.1 Å². The van der Waals surface area contributed by atoms with Gasteiger partial charge in [-0.05, 0) is 37.3 Å². The number of aromatic nitrogens is 2. The third kappa shape index (κ3) is 4.63. The number of carbonyl (C=O) groups excluding carboxylic acids is 1. The summed E-state index contributed by atoms with van der Waals surface area (Å²) in [7, 11) is 0. The van der Waals surface area contributed by atoms with E-state index in [2.05, 4.69) is 5.10 Å². The van der Waals surface area contributed by atoms with E-state index >= 15 is 0 Å². The Morgan fingerprint density at radius 2 is 1.93 bits per heavy atom. The van der Waals surface area contributed by atoms with Crippen LogP contribution >= 0.6 is 11.6 Å². The third-order valence-corrected chi connectivity index (χ3v) is 4.01. The van der Waals surface area contributed by atoms with Crippen molar-refractivity contribution in [2.24, 2.45) is 0 Å². The van der Waals surface area contributed by atoms with Crippen LogP contribution in [-0.4, -0.2) is 21.9 Å². The number of para-hydroxylation sites is 1. The number of ether oxygens (including phenoxy) is 1. The van der Waals surface area contributed by atoms with E-state index in [1.165, 1.54) is 13.0 Å². The highest BCUT2D eigenvalue weighted by molar-refractivity contribution is 6.30. The second-order valence-corrected chi connectivity index (χ2v) is 6.20. The number of nitriles is 1. The number of carbonyl (C=O) groups is 1. The minimum Gasteiger partial charge on any atom is -0.444 e. The number of esters is 1. The molecule has 0 saturated heterocycles. The van der Waals surface area contributed by atoms with Gasteiger partial charge in [0.2, 0.25) is 0 Å². The van der Waals surface area contributed by atoms with E-state index in [9.17, 15) is 4.79 Å². The molecule has 0 amide bonds. The molecular formula is C21H16ClN3O2. The topological polar surface area (TPSA) is 67.9 Å². The molecule has 0 radical (unpaired) electrons. The van der Waals surface area contributed by atoms with Crippen molar-refractivity contribution >= 4 is 23.6 Å². The average Bonchev–Trinajstić information content (AvgIpc) is 3.12. The maximum atomic E-state index is 11.9. The summed E-state index contributed by atoms with van der Waals surface area (Å²) in [6.45, 7) is 1.51. The predicted molar refractivity (Wildman–Crippen MR) is 104 cm³/mol. The van der Waals surface area contributed by atoms with Crippen LogP contribution in [-0.2, 0) is 9.53 Å². The molecule has 1 aromatic heterocycles. The van der Waals surface area contributed by atoms with Crippen molar-refractivity contribution in [2.45, 2.75) is 13.0 Å². The number of rotatable bonds is 5. The van der Waals surface area contributed by atoms with Crippen molar-refractivity contribution in [1.82, 2.24) is 9.78 Å². The Morgan fingerprint density at radius 1 is 1.22 bits per heavy atom. The fourth-order valence-corrected chi connectivity index (χ4v) is 2.58. The zero-order valence-corrected chi connectivity index (χ0v) is 15.3. The first kappa shape index (κ1) is 18.4. The van der Waals surface area contributed by atoms with Gasteiger partial charge in [0, 0.05) is 28.4 Å². The zero-order chi connectivity index (χ0) is 19.2. The average molecular weight is 378 g/mol. The molecule has 0 fully saturated rings. The summed E-state index contributed by atoms with van der Waals surface area (Å²) in [5.41, 5.74) is 3.20. The van der Waals surface area contributed by atoms with Gasteiger partial charge in [-0.25, -0.2) is 9.48 Å². The van der Waals surface area contributed by atoms with Gasteiger partial charge in [-0.15, -0.1) is 0 Å². The number of hydrogen-bond donors (Lipinski definition) is 0. The summed E-state index contributed by atoms with van der Waals surface area (Å²) in [6.07, 6.45) is 3.95. The van der Waals surface area contributed by atoms with E-state index in [-0.39, 0.29) is 0 Å². The maximum absolute atomic E-state index is 11.9. The molecule has 0 N–H and O–H groups in total. The van der Waals surface area contributed by atoms with Crippen molar-refractivity contribution in [3.05, 3.63) is 77.5 Å². The molecule has 0 saturated carbocycles. The van der Waals surface area contributed by atoms with Crippen LogP contribution in [0.2, 0.25) is 5.02 Å². The van der Waals surface area contributed by atoms with Gasteiger partial charge in [0.05, 0.1) is 11.4 Å². The fourth-order valence-electron chi connectivity index (χ4n) is 2.45. The Balaban J connectivity index is 1.98. The normalized spacial score (nSPS) is 11.9. The van der Waals surface area contributed by atoms with E-state index in [4.69, 9.17) is 21.6 Å². The summed E-state index contributed by atoms with van der Waals surface area (Å²) in [5, 5.41) is 14.0. The molecule has 134 valence electrons. The van der Waals surface area contributed by atoms with Gasteiger partial charge >= 0.3 is 5.97 Å². The van der Waals surface area contributed by atoms with E-state index in [0.717, 1.165) is 16.8 Å². The molecule has 0 aliphatic rings. The highest BCUT2D eigenvalue weighted by Crippen LogP contribution is 2.26. The molecule has 0 unspecified atom stereocenters. The molecule has 6 heteroatoms. The third-order valence-electron chi connectivity index (χ3n) is 3.75. The van der Waals surface area contributed by atoms with Crippen LogP contribution in [0.4, 0.5) is 0 Å². The van der Waals surface area contributed by atoms with Gasteiger partial charge in [0.1, 0.15) is 6.07 Å². The molecule has 2 aromatic carbocycles. The number of halogens is 1. The summed E-state index contributed by atoms with van der Waals surface area (Å²) in [4.78, 5) is 11.9. The van der Waals surface area contributed by atoms with Gasteiger partial charge in [0.15, 0.2) is 6.10 Å². The Hall–Kier alpha value is -3.36. The fraction of sp³-hybridized carbons (Fsp3) is 0.0952. The van der Waals surface area contributed by atoms with Crippen LogP contribution in [0.3, 0.4) is 0 Å². The molecule has 3 aromatic rings. The van der Waals surface area contributed by atoms with E-state index in [1.807, 2.05) is 54.7 Å². The van der Waals surface area contributed by atoms with Gasteiger partial charge in [-0.1, -0.05) is 41.9 Å². The number of benzene rings is 2. The lowest BCUT2D eigenvalue weighted by Gasteiger charge is -2.02. The largest absolute Gasteiger partial charge is 0.444 e. The molecule has 0 aliphatic heterocycles. The highest BCUT2D eigenvalue weighted by atomic mass is 35.5. The lowest BCUT2D eigenvalue weighted by molar-refractivity contribution is -0.139. The van der Waals surface area contributed by atoms with E-state index in [0.29, 0.717) is 10.7 Å². The molecule has 1 atom stereocenters. The lowest BCUT2D eigenvalue weighted by atomic mass is 10.1. The summed E-state index contributed by atoms with van der Waals surface area (Å²) < 4.78 is 6.69. The monoisotopic (exact) mass is 377 g/mol. The van der Waals surface area contributed by atoms with Gasteiger partial charge in [-0.2, -0.15) is 10.4 Å². The maximum Gasteiger partial charge on any atom is 0.332 e. The van der Waals surface area contributed by atoms with Crippen LogP contribution in [0, 0.1) is 11.3 Å². The van der Waals surface area contributed by atoms with Gasteiger partial charge in [0.25, 0.3) is 0 Å². The van der Waals surface area contributed by atoms with Crippen molar-refractivity contribution < 1.29 is 9.53 Å². The standard InChI is InChI=1S/C21H16ClN3O2/c1-15(13-23)27-20(26)12-9-17-14-25(19-5-3-2-4-6-19)24-21(17)16-7-10-18(22)11-8-16/h2-12,14-15H,1H3/b12-9+/t15-/m1/s1. The Labute approximate surface area is 162 Å². The smallest absolute Gasteiger partial charge is 0.332 e. The van der Waals surface area contributed by atoms with Crippen molar-refractivity contribution in [3.63, 3.8) is 0 Å². The highest BCUT2D eigenvalue weighted by Gasteiger charge is 2.12. The van der Waals surface area contributed by atoms with Crippen LogP contribution < -0.4 is 0 Å². The SMILES string of the molecule is C[C@H](C#N)OC(=O)/C=C/c1cn(-c2ccccc2)nc1-c1ccc(Cl)cc1. The summed E-state index contributed by atoms with van der Waals surface area (Å²) in [6, 6.07) is 18.8. The molecule has 5 nitrogen and oxygen atoms in total. The van der Waals surface area contributed by atoms with Crippen molar-refractivity contribution in [1.29, 1.82) is 5.26 Å². The van der Waals surface area contributed by atoms with Crippen LogP contribution in [0.1, 0.15) is 12.5 Å². The minimum atomic E-state index is -0.801. The summed E-state index contributed by atoms with van der Waals surface area (Å²) in [5.74, 6) is -0.585. The Bertz CT molecular complexity index is 1000. The Morgan fingerprint density at radius 3 is 2.59 bits per heavy atom. The molecule has 27 heavy (non-hydrogen) atoms. The van der Waals surface area contributed by atoms with Crippen LogP contribution in [0.25, 0.3) is 23.0 Å². The lowest BCUT2D eigenvalue weighted by Crippen LogP contribution is -2.10. The quantitative estimate of drug-likeness (QED) is 0.479. The first-order valence-electron chi connectivity index (χ1n) is 8.26. The second-order valence-electron chi connectivity index (χ2n) is 5.76. The van der Waals surface area contributed by atoms with Gasteiger partial charge in [-0.3, -0.25) is 0 Å². The molecular weight excluding hydrogens is 362 g/mol. The number of hydrogen-bond acceptors (Lipinski definition) is 4. The molecule has 0 aliphatic carbocycles. The molecule has 0 spiro atoms. The van der Waals surface area contributed by atoms with Gasteiger partial charge < -0.3 is 4.74 Å².